The van der Waals surface area contributed by atoms with Gasteiger partial charge in [0.15, 0.2) is 0 Å². The highest BCUT2D eigenvalue weighted by molar-refractivity contribution is 7.08. The summed E-state index contributed by atoms with van der Waals surface area (Å²) >= 11 is 1.62. The SMILES string of the molecule is Oc1ccc(-n2cc(-c3ccsc3)nn2)c2cccnc12. The Balaban J connectivity index is 1.90. The number of aromatic nitrogens is 4. The van der Waals surface area contributed by atoms with E-state index in [0.717, 1.165) is 22.3 Å². The number of phenolic OH excluding ortho intramolecular Hbond substituents is 1. The van der Waals surface area contributed by atoms with Gasteiger partial charge in [0.05, 0.1) is 11.9 Å². The molecule has 0 saturated heterocycles. The van der Waals surface area contributed by atoms with E-state index in [0.29, 0.717) is 5.52 Å². The van der Waals surface area contributed by atoms with Gasteiger partial charge in [0.25, 0.3) is 0 Å². The number of fused-ring (bicyclic) bond motifs is 1. The highest BCUT2D eigenvalue weighted by Gasteiger charge is 2.10. The number of aromatic hydroxyl groups is 1. The second kappa shape index (κ2) is 4.68. The van der Waals surface area contributed by atoms with Gasteiger partial charge in [0, 0.05) is 22.5 Å². The number of rotatable bonds is 2. The minimum Gasteiger partial charge on any atom is -0.506 e. The first-order chi connectivity index (χ1) is 10.3. The Bertz CT molecular complexity index is 914. The smallest absolute Gasteiger partial charge is 0.141 e. The Morgan fingerprint density at radius 3 is 2.95 bits per heavy atom. The fraction of sp³-hybridized carbons (Fsp3) is 0. The van der Waals surface area contributed by atoms with Crippen molar-refractivity contribution in [3.63, 3.8) is 0 Å². The van der Waals surface area contributed by atoms with Crippen molar-refractivity contribution in [2.75, 3.05) is 0 Å². The fourth-order valence-corrected chi connectivity index (χ4v) is 2.92. The number of thiophene rings is 1. The van der Waals surface area contributed by atoms with Crippen LogP contribution in [0.4, 0.5) is 0 Å². The van der Waals surface area contributed by atoms with Gasteiger partial charge in [-0.05, 0) is 35.7 Å². The van der Waals surface area contributed by atoms with Gasteiger partial charge in [0.2, 0.25) is 0 Å². The van der Waals surface area contributed by atoms with E-state index in [1.807, 2.05) is 41.2 Å². The van der Waals surface area contributed by atoms with Crippen molar-refractivity contribution >= 4 is 22.2 Å². The minimum absolute atomic E-state index is 0.160. The monoisotopic (exact) mass is 294 g/mol. The number of benzene rings is 1. The molecular weight excluding hydrogens is 284 g/mol. The summed E-state index contributed by atoms with van der Waals surface area (Å²) in [6.07, 6.45) is 3.53. The predicted molar refractivity (Wildman–Crippen MR) is 81.6 cm³/mol. The van der Waals surface area contributed by atoms with E-state index < -0.39 is 0 Å². The summed E-state index contributed by atoms with van der Waals surface area (Å²) in [6.45, 7) is 0. The largest absolute Gasteiger partial charge is 0.506 e. The lowest BCUT2D eigenvalue weighted by Gasteiger charge is -2.06. The Labute approximate surface area is 124 Å². The number of hydrogen-bond donors (Lipinski definition) is 1. The molecule has 0 bridgehead atoms. The molecule has 3 heterocycles. The van der Waals surface area contributed by atoms with E-state index in [9.17, 15) is 5.11 Å². The van der Waals surface area contributed by atoms with Crippen molar-refractivity contribution in [3.8, 4) is 22.7 Å². The lowest BCUT2D eigenvalue weighted by atomic mass is 10.1. The van der Waals surface area contributed by atoms with Gasteiger partial charge in [-0.2, -0.15) is 11.3 Å². The molecule has 0 atom stereocenters. The van der Waals surface area contributed by atoms with Gasteiger partial charge >= 0.3 is 0 Å². The van der Waals surface area contributed by atoms with Crippen LogP contribution in [0.5, 0.6) is 5.75 Å². The lowest BCUT2D eigenvalue weighted by molar-refractivity contribution is 0.480. The molecule has 0 unspecified atom stereocenters. The van der Waals surface area contributed by atoms with Crippen molar-refractivity contribution in [3.05, 3.63) is 53.5 Å². The van der Waals surface area contributed by atoms with Crippen molar-refractivity contribution in [1.82, 2.24) is 20.0 Å². The van der Waals surface area contributed by atoms with Gasteiger partial charge in [0.1, 0.15) is 17.0 Å². The summed E-state index contributed by atoms with van der Waals surface area (Å²) in [7, 11) is 0. The summed E-state index contributed by atoms with van der Waals surface area (Å²) in [6, 6.07) is 9.18. The van der Waals surface area contributed by atoms with E-state index >= 15 is 0 Å². The quantitative estimate of drug-likeness (QED) is 0.616. The zero-order valence-corrected chi connectivity index (χ0v) is 11.7. The summed E-state index contributed by atoms with van der Waals surface area (Å²) in [5.41, 5.74) is 3.27. The molecule has 102 valence electrons. The molecular formula is C15H10N4OS. The maximum atomic E-state index is 9.89. The summed E-state index contributed by atoms with van der Waals surface area (Å²) in [5.74, 6) is 0.160. The lowest BCUT2D eigenvalue weighted by Crippen LogP contribution is -1.96. The van der Waals surface area contributed by atoms with Gasteiger partial charge in [-0.15, -0.1) is 5.10 Å². The molecule has 1 aromatic carbocycles. The second-order valence-electron chi connectivity index (χ2n) is 4.56. The molecule has 0 fully saturated rings. The fourth-order valence-electron chi connectivity index (χ4n) is 2.27. The van der Waals surface area contributed by atoms with Crippen LogP contribution in [0.3, 0.4) is 0 Å². The average molecular weight is 294 g/mol. The van der Waals surface area contributed by atoms with Crippen LogP contribution in [0.15, 0.2) is 53.5 Å². The molecule has 0 saturated carbocycles. The maximum Gasteiger partial charge on any atom is 0.141 e. The van der Waals surface area contributed by atoms with E-state index in [1.165, 1.54) is 0 Å². The highest BCUT2D eigenvalue weighted by Crippen LogP contribution is 2.28. The van der Waals surface area contributed by atoms with Crippen LogP contribution in [0, 0.1) is 0 Å². The van der Waals surface area contributed by atoms with E-state index in [1.54, 1.807) is 28.3 Å². The van der Waals surface area contributed by atoms with Crippen LogP contribution in [-0.2, 0) is 0 Å². The molecule has 0 aliphatic heterocycles. The number of phenols is 1. The third-order valence-electron chi connectivity index (χ3n) is 3.28. The Morgan fingerprint density at radius 2 is 2.10 bits per heavy atom. The Kier molecular flexibility index (Phi) is 2.68. The Hall–Kier alpha value is -2.73. The van der Waals surface area contributed by atoms with E-state index in [2.05, 4.69) is 15.3 Å². The number of hydrogen-bond acceptors (Lipinski definition) is 5. The minimum atomic E-state index is 0.160. The molecule has 0 amide bonds. The van der Waals surface area contributed by atoms with Crippen LogP contribution in [0.1, 0.15) is 0 Å². The molecule has 0 aliphatic carbocycles. The average Bonchev–Trinajstić information content (AvgIpc) is 3.19. The first-order valence-corrected chi connectivity index (χ1v) is 7.29. The van der Waals surface area contributed by atoms with E-state index in [4.69, 9.17) is 0 Å². The van der Waals surface area contributed by atoms with Crippen LogP contribution in [0.2, 0.25) is 0 Å². The van der Waals surface area contributed by atoms with Gasteiger partial charge < -0.3 is 5.11 Å². The van der Waals surface area contributed by atoms with Gasteiger partial charge in [-0.1, -0.05) is 5.21 Å². The van der Waals surface area contributed by atoms with Crippen LogP contribution in [0.25, 0.3) is 27.8 Å². The van der Waals surface area contributed by atoms with Crippen molar-refractivity contribution < 1.29 is 5.11 Å². The molecule has 3 aromatic heterocycles. The van der Waals surface area contributed by atoms with Crippen molar-refractivity contribution in [2.24, 2.45) is 0 Å². The summed E-state index contributed by atoms with van der Waals surface area (Å²) < 4.78 is 1.70. The summed E-state index contributed by atoms with van der Waals surface area (Å²) in [4.78, 5) is 4.21. The van der Waals surface area contributed by atoms with Crippen LogP contribution < -0.4 is 0 Å². The second-order valence-corrected chi connectivity index (χ2v) is 5.34. The molecule has 0 spiro atoms. The molecule has 0 radical (unpaired) electrons. The molecule has 4 rings (SSSR count). The predicted octanol–water partition coefficient (Wildman–Crippen LogP) is 3.25. The Morgan fingerprint density at radius 1 is 1.14 bits per heavy atom. The topological polar surface area (TPSA) is 63.8 Å². The zero-order valence-electron chi connectivity index (χ0n) is 10.8. The molecule has 6 heteroatoms. The highest BCUT2D eigenvalue weighted by atomic mass is 32.1. The standard InChI is InChI=1S/C15H10N4OS/c20-14-4-3-13(11-2-1-6-16-15(11)14)19-8-12(17-18-19)10-5-7-21-9-10/h1-9,20H. The third-order valence-corrected chi connectivity index (χ3v) is 3.97. The third kappa shape index (κ3) is 1.96. The van der Waals surface area contributed by atoms with Crippen molar-refractivity contribution in [2.45, 2.75) is 0 Å². The zero-order chi connectivity index (χ0) is 14.2. The number of pyridine rings is 1. The first-order valence-electron chi connectivity index (χ1n) is 6.35. The molecule has 4 aromatic rings. The maximum absolute atomic E-state index is 9.89. The normalized spacial score (nSPS) is 11.0. The molecule has 21 heavy (non-hydrogen) atoms. The van der Waals surface area contributed by atoms with Gasteiger partial charge in [-0.25, -0.2) is 4.68 Å². The molecule has 5 nitrogen and oxygen atoms in total. The summed E-state index contributed by atoms with van der Waals surface area (Å²) in [5, 5.41) is 23.2. The van der Waals surface area contributed by atoms with Crippen molar-refractivity contribution in [1.29, 1.82) is 0 Å². The first kappa shape index (κ1) is 12.0. The van der Waals surface area contributed by atoms with Crippen LogP contribution >= 0.6 is 11.3 Å². The van der Waals surface area contributed by atoms with Gasteiger partial charge in [-0.3, -0.25) is 4.98 Å². The number of nitrogens with zero attached hydrogens (tertiary/aromatic N) is 4. The molecule has 0 aliphatic rings. The van der Waals surface area contributed by atoms with Crippen LogP contribution in [-0.4, -0.2) is 25.1 Å². The molecule has 1 N–H and O–H groups in total. The van der Waals surface area contributed by atoms with E-state index in [-0.39, 0.29) is 5.75 Å².